The zero-order chi connectivity index (χ0) is 11.8. The van der Waals surface area contributed by atoms with Crippen molar-refractivity contribution in [3.05, 3.63) is 23.7 Å². The van der Waals surface area contributed by atoms with Crippen LogP contribution in [0.15, 0.2) is 21.7 Å². The molecule has 7 nitrogen and oxygen atoms in total. The van der Waals surface area contributed by atoms with Crippen molar-refractivity contribution in [2.45, 2.75) is 18.7 Å². The molecular weight excluding hydrogens is 232 g/mol. The maximum absolute atomic E-state index is 11.8. The van der Waals surface area contributed by atoms with E-state index < -0.39 is 10.0 Å². The predicted molar refractivity (Wildman–Crippen MR) is 55.4 cm³/mol. The minimum Gasteiger partial charge on any atom is -0.360 e. The minimum atomic E-state index is -3.65. The highest BCUT2D eigenvalue weighted by Crippen LogP contribution is 2.16. The summed E-state index contributed by atoms with van der Waals surface area (Å²) in [5, 5.41) is 9.74. The summed E-state index contributed by atoms with van der Waals surface area (Å²) >= 11 is 0. The molecule has 0 saturated heterocycles. The van der Waals surface area contributed by atoms with Gasteiger partial charge in [0.25, 0.3) is 10.0 Å². The summed E-state index contributed by atoms with van der Waals surface area (Å²) in [5.41, 5.74) is 0.465. The van der Waals surface area contributed by atoms with Gasteiger partial charge in [-0.15, -0.1) is 0 Å². The highest BCUT2D eigenvalue weighted by atomic mass is 32.2. The third-order valence-electron chi connectivity index (χ3n) is 1.94. The number of nitrogens with one attached hydrogen (secondary N) is 2. The number of aromatic nitrogens is 3. The van der Waals surface area contributed by atoms with Crippen LogP contribution in [0.3, 0.4) is 0 Å². The fraction of sp³-hybridized carbons (Fsp3) is 0.250. The molecule has 0 fully saturated rings. The van der Waals surface area contributed by atoms with Gasteiger partial charge in [-0.25, -0.2) is 8.42 Å². The zero-order valence-corrected chi connectivity index (χ0v) is 9.50. The SMILES string of the molecule is Cc1cc(NS(=O)(=O)c2cn[nH]c2C)no1. The third kappa shape index (κ3) is 1.91. The molecule has 86 valence electrons. The van der Waals surface area contributed by atoms with Crippen LogP contribution in [0.1, 0.15) is 11.5 Å². The van der Waals surface area contributed by atoms with Gasteiger partial charge in [-0.05, 0) is 13.8 Å². The Hall–Kier alpha value is -1.83. The molecule has 0 aliphatic heterocycles. The van der Waals surface area contributed by atoms with Gasteiger partial charge in [0.05, 0.1) is 11.9 Å². The molecule has 0 spiro atoms. The van der Waals surface area contributed by atoms with Gasteiger partial charge < -0.3 is 4.52 Å². The highest BCUT2D eigenvalue weighted by molar-refractivity contribution is 7.92. The number of aryl methyl sites for hydroxylation is 2. The van der Waals surface area contributed by atoms with E-state index in [0.717, 1.165) is 0 Å². The number of rotatable bonds is 3. The molecule has 0 amide bonds. The largest absolute Gasteiger partial charge is 0.360 e. The maximum Gasteiger partial charge on any atom is 0.266 e. The van der Waals surface area contributed by atoms with Crippen molar-refractivity contribution in [2.75, 3.05) is 4.72 Å². The number of aromatic amines is 1. The van der Waals surface area contributed by atoms with Crippen LogP contribution in [0.4, 0.5) is 5.82 Å². The van der Waals surface area contributed by atoms with Crippen molar-refractivity contribution >= 4 is 15.8 Å². The van der Waals surface area contributed by atoms with E-state index in [1.165, 1.54) is 12.3 Å². The van der Waals surface area contributed by atoms with E-state index in [2.05, 4.69) is 20.1 Å². The van der Waals surface area contributed by atoms with Crippen LogP contribution in [-0.2, 0) is 10.0 Å². The third-order valence-corrected chi connectivity index (χ3v) is 3.41. The first-order chi connectivity index (χ1) is 7.49. The fourth-order valence-electron chi connectivity index (χ4n) is 1.22. The summed E-state index contributed by atoms with van der Waals surface area (Å²) in [6, 6.07) is 1.49. The van der Waals surface area contributed by atoms with E-state index in [1.54, 1.807) is 13.8 Å². The van der Waals surface area contributed by atoms with Crippen molar-refractivity contribution in [1.82, 2.24) is 15.4 Å². The molecule has 2 rings (SSSR count). The molecule has 0 radical (unpaired) electrons. The number of anilines is 1. The molecule has 2 aromatic rings. The number of nitrogens with zero attached hydrogens (tertiary/aromatic N) is 2. The van der Waals surface area contributed by atoms with Crippen LogP contribution in [0.5, 0.6) is 0 Å². The second-order valence-electron chi connectivity index (χ2n) is 3.29. The summed E-state index contributed by atoms with van der Waals surface area (Å²) in [7, 11) is -3.65. The van der Waals surface area contributed by atoms with E-state index in [4.69, 9.17) is 4.52 Å². The first-order valence-corrected chi connectivity index (χ1v) is 5.93. The Morgan fingerprint density at radius 1 is 1.44 bits per heavy atom. The number of H-pyrrole nitrogens is 1. The van der Waals surface area contributed by atoms with Crippen LogP contribution in [0.25, 0.3) is 0 Å². The Morgan fingerprint density at radius 3 is 2.69 bits per heavy atom. The monoisotopic (exact) mass is 242 g/mol. The molecule has 0 unspecified atom stereocenters. The summed E-state index contributed by atoms with van der Waals surface area (Å²) in [6.45, 7) is 3.30. The Balaban J connectivity index is 2.31. The van der Waals surface area contributed by atoms with Gasteiger partial charge in [-0.2, -0.15) is 5.10 Å². The van der Waals surface area contributed by atoms with Crippen molar-refractivity contribution in [3.8, 4) is 0 Å². The maximum atomic E-state index is 11.8. The molecule has 2 N–H and O–H groups in total. The average molecular weight is 242 g/mol. The number of hydrogen-bond acceptors (Lipinski definition) is 5. The number of sulfonamides is 1. The number of hydrogen-bond donors (Lipinski definition) is 2. The summed E-state index contributed by atoms with van der Waals surface area (Å²) in [5.74, 6) is 0.680. The molecule has 2 heterocycles. The summed E-state index contributed by atoms with van der Waals surface area (Å²) in [4.78, 5) is 0.0909. The first kappa shape index (κ1) is 10.7. The van der Waals surface area contributed by atoms with E-state index in [-0.39, 0.29) is 10.7 Å². The average Bonchev–Trinajstić information content (AvgIpc) is 2.74. The molecule has 0 saturated carbocycles. The minimum absolute atomic E-state index is 0.0909. The highest BCUT2D eigenvalue weighted by Gasteiger charge is 2.19. The topological polar surface area (TPSA) is 101 Å². The molecule has 0 aliphatic rings. The molecular formula is C8H10N4O3S. The van der Waals surface area contributed by atoms with Gasteiger partial charge in [-0.3, -0.25) is 9.82 Å². The van der Waals surface area contributed by atoms with Crippen LogP contribution < -0.4 is 4.72 Å². The van der Waals surface area contributed by atoms with Gasteiger partial charge in [0.15, 0.2) is 5.82 Å². The normalized spacial score (nSPS) is 11.6. The second-order valence-corrected chi connectivity index (χ2v) is 4.94. The van der Waals surface area contributed by atoms with Crippen LogP contribution in [0, 0.1) is 13.8 Å². The standard InChI is InChI=1S/C8H10N4O3S/c1-5-3-8(11-15-5)12-16(13,14)7-4-9-10-6(7)2/h3-4H,1-2H3,(H,9,10)(H,11,12). The van der Waals surface area contributed by atoms with E-state index in [9.17, 15) is 8.42 Å². The lowest BCUT2D eigenvalue weighted by Crippen LogP contribution is -2.13. The van der Waals surface area contributed by atoms with E-state index in [0.29, 0.717) is 11.5 Å². The molecule has 0 bridgehead atoms. The molecule has 16 heavy (non-hydrogen) atoms. The fourth-order valence-corrected chi connectivity index (χ4v) is 2.34. The Kier molecular flexibility index (Phi) is 2.43. The van der Waals surface area contributed by atoms with Crippen molar-refractivity contribution in [2.24, 2.45) is 0 Å². The van der Waals surface area contributed by atoms with Crippen molar-refractivity contribution in [1.29, 1.82) is 0 Å². The first-order valence-electron chi connectivity index (χ1n) is 4.45. The lowest BCUT2D eigenvalue weighted by molar-refractivity contribution is 0.400. The molecule has 2 aromatic heterocycles. The summed E-state index contributed by atoms with van der Waals surface area (Å²) in [6.07, 6.45) is 1.24. The lowest BCUT2D eigenvalue weighted by atomic mass is 10.5. The van der Waals surface area contributed by atoms with Crippen LogP contribution in [-0.4, -0.2) is 23.8 Å². The summed E-state index contributed by atoms with van der Waals surface area (Å²) < 4.78 is 30.7. The smallest absolute Gasteiger partial charge is 0.266 e. The van der Waals surface area contributed by atoms with E-state index >= 15 is 0 Å². The zero-order valence-electron chi connectivity index (χ0n) is 8.68. The van der Waals surface area contributed by atoms with Crippen molar-refractivity contribution < 1.29 is 12.9 Å². The Labute approximate surface area is 91.9 Å². The van der Waals surface area contributed by atoms with Gasteiger partial charge >= 0.3 is 0 Å². The second kappa shape index (κ2) is 3.63. The Bertz CT molecular complexity index is 598. The van der Waals surface area contributed by atoms with E-state index in [1.807, 2.05) is 0 Å². The molecule has 0 aromatic carbocycles. The van der Waals surface area contributed by atoms with Gasteiger partial charge in [0, 0.05) is 6.07 Å². The lowest BCUT2D eigenvalue weighted by Gasteiger charge is -2.02. The van der Waals surface area contributed by atoms with Crippen LogP contribution >= 0.6 is 0 Å². The van der Waals surface area contributed by atoms with Gasteiger partial charge in [-0.1, -0.05) is 5.16 Å². The predicted octanol–water partition coefficient (Wildman–Crippen LogP) is 0.815. The van der Waals surface area contributed by atoms with Gasteiger partial charge in [0.2, 0.25) is 0 Å². The van der Waals surface area contributed by atoms with Gasteiger partial charge in [0.1, 0.15) is 10.7 Å². The molecule has 0 aliphatic carbocycles. The van der Waals surface area contributed by atoms with Crippen LogP contribution in [0.2, 0.25) is 0 Å². The van der Waals surface area contributed by atoms with Crippen molar-refractivity contribution in [3.63, 3.8) is 0 Å². The molecule has 8 heteroatoms. The molecule has 0 atom stereocenters. The quantitative estimate of drug-likeness (QED) is 0.829. The Morgan fingerprint density at radius 2 is 2.19 bits per heavy atom.